The zero-order valence-electron chi connectivity index (χ0n) is 11.8. The Morgan fingerprint density at radius 3 is 2.86 bits per heavy atom. The second-order valence-corrected chi connectivity index (χ2v) is 4.93. The summed E-state index contributed by atoms with van der Waals surface area (Å²) in [5.41, 5.74) is 16.3. The summed E-state index contributed by atoms with van der Waals surface area (Å²) in [7, 11) is 0. The van der Waals surface area contributed by atoms with Crippen molar-refractivity contribution in [2.45, 2.75) is 20.0 Å². The lowest BCUT2D eigenvalue weighted by Crippen LogP contribution is -2.09. The van der Waals surface area contributed by atoms with Crippen molar-refractivity contribution >= 4 is 11.3 Å². The fraction of sp³-hybridized carbons (Fsp3) is 0.214. The molecule has 4 N–H and O–H groups in total. The summed E-state index contributed by atoms with van der Waals surface area (Å²) in [6.07, 6.45) is 3.47. The molecular weight excluding hydrogens is 266 g/mol. The topological polar surface area (TPSA) is 100 Å². The van der Waals surface area contributed by atoms with Crippen molar-refractivity contribution in [2.75, 3.05) is 0 Å². The first-order valence-corrected chi connectivity index (χ1v) is 6.59. The molecular formula is C14H17N7. The monoisotopic (exact) mass is 283 g/mol. The number of rotatable bonds is 4. The second kappa shape index (κ2) is 5.02. The Morgan fingerprint density at radius 1 is 1.38 bits per heavy atom. The van der Waals surface area contributed by atoms with Crippen LogP contribution in [0.25, 0.3) is 11.3 Å². The van der Waals surface area contributed by atoms with Gasteiger partial charge in [0.2, 0.25) is 0 Å². The van der Waals surface area contributed by atoms with E-state index in [1.165, 1.54) is 6.33 Å². The first kappa shape index (κ1) is 13.3. The molecule has 0 bridgehead atoms. The molecule has 0 radical (unpaired) electrons. The lowest BCUT2D eigenvalue weighted by atomic mass is 10.2. The average molecular weight is 283 g/mol. The van der Waals surface area contributed by atoms with Gasteiger partial charge in [-0.25, -0.2) is 9.50 Å². The molecule has 0 aliphatic rings. The summed E-state index contributed by atoms with van der Waals surface area (Å²) >= 11 is 0. The van der Waals surface area contributed by atoms with Gasteiger partial charge in [0, 0.05) is 18.3 Å². The Hall–Kier alpha value is -2.67. The van der Waals surface area contributed by atoms with Crippen LogP contribution >= 0.6 is 0 Å². The highest BCUT2D eigenvalue weighted by Crippen LogP contribution is 2.15. The van der Waals surface area contributed by atoms with Crippen LogP contribution in [0.2, 0.25) is 0 Å². The van der Waals surface area contributed by atoms with E-state index in [9.17, 15) is 0 Å². The zero-order valence-corrected chi connectivity index (χ0v) is 11.8. The zero-order chi connectivity index (χ0) is 15.0. The molecule has 0 atom stereocenters. The SMILES string of the molecule is C=C(N)c1nn(Cc2ccc(CN)n3ncnc23)cc1C. The Morgan fingerprint density at radius 2 is 2.19 bits per heavy atom. The molecule has 3 heterocycles. The van der Waals surface area contributed by atoms with Crippen LogP contribution in [0.1, 0.15) is 22.5 Å². The maximum Gasteiger partial charge on any atom is 0.160 e. The van der Waals surface area contributed by atoms with Crippen molar-refractivity contribution in [3.05, 3.63) is 53.8 Å². The van der Waals surface area contributed by atoms with Crippen molar-refractivity contribution in [1.29, 1.82) is 0 Å². The summed E-state index contributed by atoms with van der Waals surface area (Å²) in [5, 5.41) is 8.65. The molecule has 7 nitrogen and oxygen atoms in total. The largest absolute Gasteiger partial charge is 0.397 e. The van der Waals surface area contributed by atoms with Crippen LogP contribution in [-0.2, 0) is 13.1 Å². The number of fused-ring (bicyclic) bond motifs is 1. The molecule has 0 saturated carbocycles. The van der Waals surface area contributed by atoms with Crippen LogP contribution in [0.15, 0.2) is 31.2 Å². The van der Waals surface area contributed by atoms with Crippen LogP contribution in [0.4, 0.5) is 0 Å². The molecule has 0 spiro atoms. The molecule has 0 unspecified atom stereocenters. The Balaban J connectivity index is 2.00. The normalized spacial score (nSPS) is 11.1. The highest BCUT2D eigenvalue weighted by atomic mass is 15.3. The van der Waals surface area contributed by atoms with Gasteiger partial charge in [0.1, 0.15) is 12.0 Å². The highest BCUT2D eigenvalue weighted by Gasteiger charge is 2.11. The Bertz CT molecular complexity index is 812. The predicted octanol–water partition coefficient (Wildman–Crippen LogP) is 0.671. The fourth-order valence-corrected chi connectivity index (χ4v) is 2.38. The smallest absolute Gasteiger partial charge is 0.160 e. The van der Waals surface area contributed by atoms with Gasteiger partial charge in [-0.15, -0.1) is 0 Å². The van der Waals surface area contributed by atoms with Crippen molar-refractivity contribution < 1.29 is 0 Å². The minimum absolute atomic E-state index is 0.415. The van der Waals surface area contributed by atoms with E-state index >= 15 is 0 Å². The van der Waals surface area contributed by atoms with E-state index in [4.69, 9.17) is 11.5 Å². The second-order valence-electron chi connectivity index (χ2n) is 4.93. The molecule has 0 saturated heterocycles. The molecule has 3 rings (SSSR count). The fourth-order valence-electron chi connectivity index (χ4n) is 2.38. The first-order chi connectivity index (χ1) is 10.1. The first-order valence-electron chi connectivity index (χ1n) is 6.59. The lowest BCUT2D eigenvalue weighted by molar-refractivity contribution is 0.681. The highest BCUT2D eigenvalue weighted by molar-refractivity contribution is 5.59. The molecule has 7 heteroatoms. The maximum absolute atomic E-state index is 5.72. The molecule has 108 valence electrons. The van der Waals surface area contributed by atoms with Gasteiger partial charge in [0.15, 0.2) is 5.65 Å². The van der Waals surface area contributed by atoms with Gasteiger partial charge in [-0.1, -0.05) is 12.6 Å². The van der Waals surface area contributed by atoms with Gasteiger partial charge in [-0.2, -0.15) is 10.2 Å². The van der Waals surface area contributed by atoms with E-state index < -0.39 is 0 Å². The van der Waals surface area contributed by atoms with Crippen molar-refractivity contribution in [1.82, 2.24) is 24.4 Å². The van der Waals surface area contributed by atoms with E-state index in [0.717, 1.165) is 28.2 Å². The third-order valence-corrected chi connectivity index (χ3v) is 3.37. The third-order valence-electron chi connectivity index (χ3n) is 3.37. The van der Waals surface area contributed by atoms with Crippen LogP contribution < -0.4 is 11.5 Å². The Labute approximate surface area is 121 Å². The number of aryl methyl sites for hydroxylation is 1. The van der Waals surface area contributed by atoms with Gasteiger partial charge in [-0.05, 0) is 18.6 Å². The summed E-state index contributed by atoms with van der Waals surface area (Å²) in [5.74, 6) is 0. The molecule has 0 fully saturated rings. The number of hydrogen-bond acceptors (Lipinski definition) is 5. The number of nitrogens with zero attached hydrogens (tertiary/aromatic N) is 5. The number of hydrogen-bond donors (Lipinski definition) is 2. The standard InChI is InChI=1S/C14H17N7/c1-9-6-20(19-13(9)10(2)16)7-11-3-4-12(5-15)21-14(11)17-8-18-21/h3-4,6,8H,2,5,7,15-16H2,1H3. The maximum atomic E-state index is 5.72. The minimum Gasteiger partial charge on any atom is -0.397 e. The summed E-state index contributed by atoms with van der Waals surface area (Å²) in [6, 6.07) is 3.95. The summed E-state index contributed by atoms with van der Waals surface area (Å²) < 4.78 is 3.59. The Kier molecular flexibility index (Phi) is 3.19. The van der Waals surface area contributed by atoms with Gasteiger partial charge in [-0.3, -0.25) is 4.68 Å². The quantitative estimate of drug-likeness (QED) is 0.733. The molecule has 0 aliphatic carbocycles. The molecule has 21 heavy (non-hydrogen) atoms. The van der Waals surface area contributed by atoms with Crippen LogP contribution in [-0.4, -0.2) is 24.4 Å². The van der Waals surface area contributed by atoms with E-state index in [1.807, 2.05) is 29.9 Å². The van der Waals surface area contributed by atoms with Crippen LogP contribution in [0, 0.1) is 6.92 Å². The molecule has 3 aromatic heterocycles. The average Bonchev–Trinajstić information content (AvgIpc) is 3.06. The van der Waals surface area contributed by atoms with Crippen molar-refractivity contribution in [2.24, 2.45) is 11.5 Å². The molecule has 3 aromatic rings. The number of pyridine rings is 1. The van der Waals surface area contributed by atoms with E-state index in [0.29, 0.717) is 18.8 Å². The van der Waals surface area contributed by atoms with Gasteiger partial charge in [0.05, 0.1) is 17.9 Å². The van der Waals surface area contributed by atoms with Gasteiger partial charge < -0.3 is 11.5 Å². The van der Waals surface area contributed by atoms with Crippen molar-refractivity contribution in [3.63, 3.8) is 0 Å². The third kappa shape index (κ3) is 2.27. The van der Waals surface area contributed by atoms with Crippen LogP contribution in [0.5, 0.6) is 0 Å². The van der Waals surface area contributed by atoms with Gasteiger partial charge in [0.25, 0.3) is 0 Å². The molecule has 0 aliphatic heterocycles. The van der Waals surface area contributed by atoms with Gasteiger partial charge >= 0.3 is 0 Å². The minimum atomic E-state index is 0.415. The molecule has 0 aromatic carbocycles. The summed E-state index contributed by atoms with van der Waals surface area (Å²) in [4.78, 5) is 4.30. The lowest BCUT2D eigenvalue weighted by Gasteiger charge is -2.07. The predicted molar refractivity (Wildman–Crippen MR) is 80.2 cm³/mol. The van der Waals surface area contributed by atoms with E-state index in [2.05, 4.69) is 21.8 Å². The van der Waals surface area contributed by atoms with E-state index in [-0.39, 0.29) is 0 Å². The van der Waals surface area contributed by atoms with Crippen molar-refractivity contribution in [3.8, 4) is 0 Å². The van der Waals surface area contributed by atoms with E-state index in [1.54, 1.807) is 4.52 Å². The summed E-state index contributed by atoms with van der Waals surface area (Å²) in [6.45, 7) is 6.69. The van der Waals surface area contributed by atoms with Crippen LogP contribution in [0.3, 0.4) is 0 Å². The number of nitrogens with two attached hydrogens (primary N) is 2. The molecule has 0 amide bonds. The number of aromatic nitrogens is 5.